The van der Waals surface area contributed by atoms with Gasteiger partial charge < -0.3 is 5.11 Å². The van der Waals surface area contributed by atoms with Gasteiger partial charge in [-0.25, -0.2) is 12.8 Å². The Morgan fingerprint density at radius 3 is 2.26 bits per heavy atom. The zero-order valence-electron chi connectivity index (χ0n) is 12.4. The summed E-state index contributed by atoms with van der Waals surface area (Å²) in [5, 5.41) is 9.38. The molecule has 1 N–H and O–H groups in total. The Morgan fingerprint density at radius 1 is 1.13 bits per heavy atom. The van der Waals surface area contributed by atoms with E-state index in [-0.39, 0.29) is 16.9 Å². The fraction of sp³-hybridized carbons (Fsp3) is 0.188. The van der Waals surface area contributed by atoms with Crippen LogP contribution in [0.3, 0.4) is 0 Å². The zero-order chi connectivity index (χ0) is 17.0. The molecule has 7 heteroatoms. The molecule has 1 atom stereocenters. The van der Waals surface area contributed by atoms with Gasteiger partial charge in [-0.1, -0.05) is 36.4 Å². The molecule has 122 valence electrons. The topological polar surface area (TPSA) is 74.7 Å². The molecule has 0 bridgehead atoms. The molecule has 0 aromatic heterocycles. The number of carboxylic acids is 1. The van der Waals surface area contributed by atoms with Gasteiger partial charge in [0.05, 0.1) is 4.90 Å². The third kappa shape index (κ3) is 3.75. The van der Waals surface area contributed by atoms with Crippen molar-refractivity contribution >= 4 is 16.0 Å². The second-order valence-corrected chi connectivity index (χ2v) is 6.98. The number of hydrogen-bond acceptors (Lipinski definition) is 3. The molecule has 2 rings (SSSR count). The third-order valence-corrected chi connectivity index (χ3v) is 5.40. The number of sulfonamides is 1. The quantitative estimate of drug-likeness (QED) is 0.876. The number of likely N-dealkylation sites (N-methyl/N-ethyl adjacent to an activating group) is 1. The molecule has 0 aliphatic heterocycles. The first-order valence-corrected chi connectivity index (χ1v) is 8.27. The van der Waals surface area contributed by atoms with E-state index in [1.807, 2.05) is 0 Å². The molecule has 0 aliphatic rings. The highest BCUT2D eigenvalue weighted by Crippen LogP contribution is 2.19. The maximum absolute atomic E-state index is 13.7. The first kappa shape index (κ1) is 17.1. The smallest absolute Gasteiger partial charge is 0.322 e. The van der Waals surface area contributed by atoms with Crippen LogP contribution in [0.5, 0.6) is 0 Å². The van der Waals surface area contributed by atoms with Crippen molar-refractivity contribution in [2.45, 2.75) is 17.4 Å². The number of aliphatic carboxylic acids is 1. The van der Waals surface area contributed by atoms with E-state index >= 15 is 0 Å². The van der Waals surface area contributed by atoms with Crippen LogP contribution in [0.15, 0.2) is 59.5 Å². The highest BCUT2D eigenvalue weighted by Gasteiger charge is 2.33. The third-order valence-electron chi connectivity index (χ3n) is 3.52. The van der Waals surface area contributed by atoms with Crippen LogP contribution in [0.4, 0.5) is 4.39 Å². The second-order valence-electron chi connectivity index (χ2n) is 4.98. The summed E-state index contributed by atoms with van der Waals surface area (Å²) in [6.45, 7) is 0. The molecule has 5 nitrogen and oxygen atoms in total. The average Bonchev–Trinajstić information content (AvgIpc) is 2.54. The number of benzene rings is 2. The fourth-order valence-corrected chi connectivity index (χ4v) is 3.50. The lowest BCUT2D eigenvalue weighted by molar-refractivity contribution is -0.141. The number of carbonyl (C=O) groups is 1. The molecule has 0 aliphatic carbocycles. The molecule has 0 amide bonds. The van der Waals surface area contributed by atoms with Gasteiger partial charge in [-0.05, 0) is 23.8 Å². The van der Waals surface area contributed by atoms with Crippen LogP contribution in [0.1, 0.15) is 5.56 Å². The minimum atomic E-state index is -3.99. The van der Waals surface area contributed by atoms with E-state index in [9.17, 15) is 22.7 Å². The van der Waals surface area contributed by atoms with Crippen LogP contribution in [-0.2, 0) is 21.2 Å². The first-order chi connectivity index (χ1) is 10.8. The van der Waals surface area contributed by atoms with Crippen molar-refractivity contribution in [1.82, 2.24) is 4.31 Å². The monoisotopic (exact) mass is 337 g/mol. The van der Waals surface area contributed by atoms with Gasteiger partial charge in [0.2, 0.25) is 10.0 Å². The van der Waals surface area contributed by atoms with Crippen LogP contribution < -0.4 is 0 Å². The summed E-state index contributed by atoms with van der Waals surface area (Å²) >= 11 is 0. The number of rotatable bonds is 6. The molecule has 0 heterocycles. The number of hydrogen-bond donors (Lipinski definition) is 1. The van der Waals surface area contributed by atoms with Gasteiger partial charge in [-0.2, -0.15) is 4.31 Å². The first-order valence-electron chi connectivity index (χ1n) is 6.83. The normalized spacial score (nSPS) is 13.0. The molecule has 0 saturated heterocycles. The lowest BCUT2D eigenvalue weighted by atomic mass is 10.1. The van der Waals surface area contributed by atoms with E-state index in [1.54, 1.807) is 24.3 Å². The number of nitrogens with zero attached hydrogens (tertiary/aromatic N) is 1. The SMILES string of the molecule is CN([C@@H](Cc1ccccc1F)C(=O)O)S(=O)(=O)c1ccccc1. The summed E-state index contributed by atoms with van der Waals surface area (Å²) in [7, 11) is -2.80. The van der Waals surface area contributed by atoms with E-state index < -0.39 is 27.9 Å². The van der Waals surface area contributed by atoms with Crippen molar-refractivity contribution in [2.24, 2.45) is 0 Å². The standard InChI is InChI=1S/C16H16FNO4S/c1-18(23(21,22)13-8-3-2-4-9-13)15(16(19)20)11-12-7-5-6-10-14(12)17/h2-10,15H,11H2,1H3,(H,19,20)/t15-/m0/s1. The Balaban J connectivity index is 2.35. The summed E-state index contributed by atoms with van der Waals surface area (Å²) in [6.07, 6.45) is -0.259. The number of halogens is 1. The maximum Gasteiger partial charge on any atom is 0.322 e. The molecular formula is C16H16FNO4S. The van der Waals surface area contributed by atoms with E-state index in [0.717, 1.165) is 4.31 Å². The maximum atomic E-state index is 13.7. The summed E-state index contributed by atoms with van der Waals surface area (Å²) in [5.74, 6) is -1.90. The zero-order valence-corrected chi connectivity index (χ0v) is 13.2. The van der Waals surface area contributed by atoms with E-state index in [0.29, 0.717) is 0 Å². The van der Waals surface area contributed by atoms with Crippen molar-refractivity contribution < 1.29 is 22.7 Å². The Morgan fingerprint density at radius 2 is 1.70 bits per heavy atom. The molecule has 2 aromatic carbocycles. The summed E-state index contributed by atoms with van der Waals surface area (Å²) < 4.78 is 39.5. The molecule has 0 radical (unpaired) electrons. The van der Waals surface area contributed by atoms with E-state index in [4.69, 9.17) is 0 Å². The van der Waals surface area contributed by atoms with Gasteiger partial charge in [-0.15, -0.1) is 0 Å². The molecule has 2 aromatic rings. The Labute approximate surface area is 134 Å². The summed E-state index contributed by atoms with van der Waals surface area (Å²) in [4.78, 5) is 11.5. The van der Waals surface area contributed by atoms with Crippen LogP contribution >= 0.6 is 0 Å². The molecule has 0 saturated carbocycles. The second kappa shape index (κ2) is 6.89. The molecule has 0 spiro atoms. The van der Waals surface area contributed by atoms with Crippen molar-refractivity contribution in [2.75, 3.05) is 7.05 Å². The van der Waals surface area contributed by atoms with Crippen molar-refractivity contribution in [3.05, 3.63) is 66.0 Å². The van der Waals surface area contributed by atoms with Crippen molar-refractivity contribution in [3.8, 4) is 0 Å². The molecule has 0 unspecified atom stereocenters. The number of carboxylic acid groups (broad SMARTS) is 1. The van der Waals surface area contributed by atoms with Crippen LogP contribution in [0, 0.1) is 5.82 Å². The van der Waals surface area contributed by atoms with Crippen molar-refractivity contribution in [1.29, 1.82) is 0 Å². The Hall–Kier alpha value is -2.25. The lowest BCUT2D eigenvalue weighted by Gasteiger charge is -2.24. The average molecular weight is 337 g/mol. The predicted octanol–water partition coefficient (Wildman–Crippen LogP) is 2.14. The summed E-state index contributed by atoms with van der Waals surface area (Å²) in [6, 6.07) is 11.8. The van der Waals surface area contributed by atoms with Crippen molar-refractivity contribution in [3.63, 3.8) is 0 Å². The van der Waals surface area contributed by atoms with E-state index in [2.05, 4.69) is 0 Å². The van der Waals surface area contributed by atoms with E-state index in [1.165, 1.54) is 37.4 Å². The van der Waals surface area contributed by atoms with Crippen LogP contribution in [-0.4, -0.2) is 36.9 Å². The molecule has 23 heavy (non-hydrogen) atoms. The minimum Gasteiger partial charge on any atom is -0.480 e. The molecular weight excluding hydrogens is 321 g/mol. The lowest BCUT2D eigenvalue weighted by Crippen LogP contribution is -2.43. The predicted molar refractivity (Wildman–Crippen MR) is 82.9 cm³/mol. The van der Waals surface area contributed by atoms with Gasteiger partial charge in [0, 0.05) is 13.5 Å². The highest BCUT2D eigenvalue weighted by molar-refractivity contribution is 7.89. The van der Waals surface area contributed by atoms with Gasteiger partial charge >= 0.3 is 5.97 Å². The fourth-order valence-electron chi connectivity index (χ4n) is 2.17. The van der Waals surface area contributed by atoms with Gasteiger partial charge in [0.1, 0.15) is 11.9 Å². The Bertz CT molecular complexity index is 793. The largest absolute Gasteiger partial charge is 0.480 e. The van der Waals surface area contributed by atoms with Gasteiger partial charge in [0.15, 0.2) is 0 Å². The van der Waals surface area contributed by atoms with Crippen LogP contribution in [0.25, 0.3) is 0 Å². The minimum absolute atomic E-state index is 0.0118. The van der Waals surface area contributed by atoms with Gasteiger partial charge in [0.25, 0.3) is 0 Å². The van der Waals surface area contributed by atoms with Crippen LogP contribution in [0.2, 0.25) is 0 Å². The Kier molecular flexibility index (Phi) is 5.12. The van der Waals surface area contributed by atoms with Gasteiger partial charge in [-0.3, -0.25) is 4.79 Å². The molecule has 0 fully saturated rings. The highest BCUT2D eigenvalue weighted by atomic mass is 32.2. The summed E-state index contributed by atoms with van der Waals surface area (Å²) in [5.41, 5.74) is 0.148.